The molecule has 1 aromatic carbocycles. The molecular formula is C13H16FN3O2. The highest BCUT2D eigenvalue weighted by atomic mass is 19.1. The molecule has 0 atom stereocenters. The van der Waals surface area contributed by atoms with Crippen molar-refractivity contribution in [1.82, 2.24) is 9.88 Å². The Balaban J connectivity index is 1.56. The van der Waals surface area contributed by atoms with Crippen molar-refractivity contribution in [1.29, 1.82) is 0 Å². The van der Waals surface area contributed by atoms with Crippen LogP contribution in [0.3, 0.4) is 0 Å². The Morgan fingerprint density at radius 3 is 3.00 bits per heavy atom. The first kappa shape index (κ1) is 12.4. The summed E-state index contributed by atoms with van der Waals surface area (Å²) < 4.78 is 23.7. The number of morpholine rings is 1. The smallest absolute Gasteiger partial charge is 0.295 e. The van der Waals surface area contributed by atoms with Gasteiger partial charge in [-0.1, -0.05) is 0 Å². The summed E-state index contributed by atoms with van der Waals surface area (Å²) in [4.78, 5) is 6.57. The molecule has 0 aliphatic carbocycles. The number of aromatic nitrogens is 1. The maximum atomic E-state index is 13.0. The molecule has 3 rings (SSSR count). The third kappa shape index (κ3) is 3.02. The van der Waals surface area contributed by atoms with Gasteiger partial charge in [0.15, 0.2) is 5.58 Å². The van der Waals surface area contributed by atoms with E-state index in [0.29, 0.717) is 17.1 Å². The minimum Gasteiger partial charge on any atom is -0.423 e. The number of hydrogen-bond donors (Lipinski definition) is 1. The summed E-state index contributed by atoms with van der Waals surface area (Å²) in [6.45, 7) is 5.16. The van der Waals surface area contributed by atoms with E-state index in [0.717, 1.165) is 39.4 Å². The number of oxazole rings is 1. The molecule has 1 aliphatic heterocycles. The summed E-state index contributed by atoms with van der Waals surface area (Å²) in [5.74, 6) is -0.316. The molecule has 19 heavy (non-hydrogen) atoms. The monoisotopic (exact) mass is 265 g/mol. The normalized spacial score (nSPS) is 16.9. The van der Waals surface area contributed by atoms with Crippen molar-refractivity contribution in [2.45, 2.75) is 0 Å². The van der Waals surface area contributed by atoms with Gasteiger partial charge in [-0.2, -0.15) is 4.98 Å². The topological polar surface area (TPSA) is 50.5 Å². The predicted molar refractivity (Wildman–Crippen MR) is 69.7 cm³/mol. The van der Waals surface area contributed by atoms with Crippen LogP contribution in [0.25, 0.3) is 11.1 Å². The second-order valence-electron chi connectivity index (χ2n) is 4.51. The zero-order valence-electron chi connectivity index (χ0n) is 10.6. The van der Waals surface area contributed by atoms with E-state index in [2.05, 4.69) is 15.2 Å². The molecule has 0 saturated carbocycles. The lowest BCUT2D eigenvalue weighted by Gasteiger charge is -2.26. The van der Waals surface area contributed by atoms with Crippen molar-refractivity contribution in [3.63, 3.8) is 0 Å². The summed E-state index contributed by atoms with van der Waals surface area (Å²) in [6.07, 6.45) is 0. The van der Waals surface area contributed by atoms with Crippen LogP contribution >= 0.6 is 0 Å². The molecular weight excluding hydrogens is 249 g/mol. The summed E-state index contributed by atoms with van der Waals surface area (Å²) in [7, 11) is 0. The fraction of sp³-hybridized carbons (Fsp3) is 0.462. The summed E-state index contributed by atoms with van der Waals surface area (Å²) in [5, 5.41) is 3.12. The second kappa shape index (κ2) is 5.54. The van der Waals surface area contributed by atoms with Gasteiger partial charge >= 0.3 is 0 Å². The predicted octanol–water partition coefficient (Wildman–Crippen LogP) is 1.71. The zero-order chi connectivity index (χ0) is 13.1. The molecule has 2 aromatic rings. The molecule has 1 saturated heterocycles. The molecule has 0 unspecified atom stereocenters. The van der Waals surface area contributed by atoms with E-state index >= 15 is 0 Å². The van der Waals surface area contributed by atoms with Gasteiger partial charge < -0.3 is 14.5 Å². The Morgan fingerprint density at radius 2 is 2.16 bits per heavy atom. The third-order valence-corrected chi connectivity index (χ3v) is 3.16. The Labute approximate surface area is 110 Å². The number of fused-ring (bicyclic) bond motifs is 1. The lowest BCUT2D eigenvalue weighted by Crippen LogP contribution is -2.39. The van der Waals surface area contributed by atoms with Crippen LogP contribution in [0.2, 0.25) is 0 Å². The van der Waals surface area contributed by atoms with E-state index in [9.17, 15) is 4.39 Å². The van der Waals surface area contributed by atoms with Crippen molar-refractivity contribution < 1.29 is 13.5 Å². The van der Waals surface area contributed by atoms with Gasteiger partial charge in [0.1, 0.15) is 11.3 Å². The average Bonchev–Trinajstić information content (AvgIpc) is 2.82. The second-order valence-corrected chi connectivity index (χ2v) is 4.51. The average molecular weight is 265 g/mol. The van der Waals surface area contributed by atoms with Gasteiger partial charge in [0.2, 0.25) is 0 Å². The molecule has 102 valence electrons. The lowest BCUT2D eigenvalue weighted by molar-refractivity contribution is 0.0398. The Bertz CT molecular complexity index is 552. The molecule has 5 nitrogen and oxygen atoms in total. The Kier molecular flexibility index (Phi) is 3.61. The zero-order valence-corrected chi connectivity index (χ0v) is 10.6. The molecule has 0 radical (unpaired) electrons. The maximum absolute atomic E-state index is 13.0. The van der Waals surface area contributed by atoms with Gasteiger partial charge in [0.05, 0.1) is 13.2 Å². The molecule has 1 aliphatic rings. The SMILES string of the molecule is Fc1ccc2nc(NCCN3CCOCC3)oc2c1. The highest BCUT2D eigenvalue weighted by Gasteiger charge is 2.10. The largest absolute Gasteiger partial charge is 0.423 e. The molecule has 2 heterocycles. The number of nitrogens with one attached hydrogen (secondary N) is 1. The standard InChI is InChI=1S/C13H16FN3O2/c14-10-1-2-11-12(9-10)19-13(16-11)15-3-4-17-5-7-18-8-6-17/h1-2,9H,3-8H2,(H,15,16). The molecule has 1 aromatic heterocycles. The Morgan fingerprint density at radius 1 is 1.32 bits per heavy atom. The van der Waals surface area contributed by atoms with Crippen molar-refractivity contribution >= 4 is 17.1 Å². The number of halogens is 1. The van der Waals surface area contributed by atoms with Crippen molar-refractivity contribution in [2.75, 3.05) is 44.7 Å². The van der Waals surface area contributed by atoms with E-state index in [1.165, 1.54) is 12.1 Å². The van der Waals surface area contributed by atoms with Crippen molar-refractivity contribution in [3.05, 3.63) is 24.0 Å². The van der Waals surface area contributed by atoms with E-state index in [1.807, 2.05) is 0 Å². The first-order valence-electron chi connectivity index (χ1n) is 6.41. The van der Waals surface area contributed by atoms with Gasteiger partial charge in [0.25, 0.3) is 6.01 Å². The number of hydrogen-bond acceptors (Lipinski definition) is 5. The fourth-order valence-corrected chi connectivity index (χ4v) is 2.12. The maximum Gasteiger partial charge on any atom is 0.295 e. The molecule has 0 amide bonds. The van der Waals surface area contributed by atoms with Crippen LogP contribution in [0.5, 0.6) is 0 Å². The van der Waals surface area contributed by atoms with Crippen LogP contribution in [0.1, 0.15) is 0 Å². The highest BCUT2D eigenvalue weighted by Crippen LogP contribution is 2.19. The van der Waals surface area contributed by atoms with Gasteiger partial charge in [-0.15, -0.1) is 0 Å². The molecule has 0 spiro atoms. The van der Waals surface area contributed by atoms with Crippen LogP contribution < -0.4 is 5.32 Å². The first-order chi connectivity index (χ1) is 9.31. The summed E-state index contributed by atoms with van der Waals surface area (Å²) >= 11 is 0. The van der Waals surface area contributed by atoms with Crippen molar-refractivity contribution in [3.8, 4) is 0 Å². The number of nitrogens with zero attached hydrogens (tertiary/aromatic N) is 2. The van der Waals surface area contributed by atoms with Crippen LogP contribution in [-0.4, -0.2) is 49.3 Å². The number of anilines is 1. The number of benzene rings is 1. The van der Waals surface area contributed by atoms with Crippen LogP contribution in [0, 0.1) is 5.82 Å². The minimum absolute atomic E-state index is 0.316. The highest BCUT2D eigenvalue weighted by molar-refractivity contribution is 5.74. The quantitative estimate of drug-likeness (QED) is 0.912. The molecule has 6 heteroatoms. The van der Waals surface area contributed by atoms with Crippen LogP contribution in [0.15, 0.2) is 22.6 Å². The van der Waals surface area contributed by atoms with Crippen LogP contribution in [-0.2, 0) is 4.74 Å². The minimum atomic E-state index is -0.316. The van der Waals surface area contributed by atoms with E-state index in [-0.39, 0.29) is 5.82 Å². The molecule has 0 bridgehead atoms. The van der Waals surface area contributed by atoms with Gasteiger partial charge in [-0.3, -0.25) is 4.90 Å². The van der Waals surface area contributed by atoms with Gasteiger partial charge in [-0.25, -0.2) is 4.39 Å². The molecule has 1 fully saturated rings. The first-order valence-corrected chi connectivity index (χ1v) is 6.41. The lowest BCUT2D eigenvalue weighted by atomic mass is 10.3. The van der Waals surface area contributed by atoms with E-state index < -0.39 is 0 Å². The van der Waals surface area contributed by atoms with Gasteiger partial charge in [0, 0.05) is 32.2 Å². The van der Waals surface area contributed by atoms with Crippen LogP contribution in [0.4, 0.5) is 10.4 Å². The third-order valence-electron chi connectivity index (χ3n) is 3.16. The van der Waals surface area contributed by atoms with E-state index in [4.69, 9.17) is 9.15 Å². The summed E-state index contributed by atoms with van der Waals surface area (Å²) in [5.41, 5.74) is 1.13. The Hall–Kier alpha value is -1.66. The molecule has 1 N–H and O–H groups in total. The number of rotatable bonds is 4. The fourth-order valence-electron chi connectivity index (χ4n) is 2.12. The van der Waals surface area contributed by atoms with Crippen molar-refractivity contribution in [2.24, 2.45) is 0 Å². The summed E-state index contributed by atoms with van der Waals surface area (Å²) in [6, 6.07) is 4.77. The van der Waals surface area contributed by atoms with E-state index in [1.54, 1.807) is 6.07 Å². The van der Waals surface area contributed by atoms with Gasteiger partial charge in [-0.05, 0) is 12.1 Å². The number of ether oxygens (including phenoxy) is 1.